The largest absolute Gasteiger partial charge is 0.385 e. The van der Waals surface area contributed by atoms with Gasteiger partial charge in [-0.15, -0.1) is 0 Å². The molecule has 0 aromatic rings. The van der Waals surface area contributed by atoms with Gasteiger partial charge in [0, 0.05) is 25.5 Å². The Morgan fingerprint density at radius 2 is 2.53 bits per heavy atom. The number of rotatable bonds is 5. The fourth-order valence-corrected chi connectivity index (χ4v) is 2.61. The lowest BCUT2D eigenvalue weighted by molar-refractivity contribution is -0.123. The molecule has 1 fully saturated rings. The molecule has 1 aliphatic rings. The van der Waals surface area contributed by atoms with Crippen LogP contribution in [0.2, 0.25) is 0 Å². The summed E-state index contributed by atoms with van der Waals surface area (Å²) in [6, 6.07) is -0.123. The van der Waals surface area contributed by atoms with Crippen LogP contribution in [-0.4, -0.2) is 43.2 Å². The van der Waals surface area contributed by atoms with Crippen molar-refractivity contribution in [2.45, 2.75) is 31.3 Å². The van der Waals surface area contributed by atoms with Gasteiger partial charge >= 0.3 is 0 Å². The first-order valence-corrected chi connectivity index (χ1v) is 6.52. The maximum atomic E-state index is 11.6. The molecule has 1 heterocycles. The lowest BCUT2D eigenvalue weighted by Crippen LogP contribution is -2.47. The third kappa shape index (κ3) is 4.86. The topological polar surface area (TPSA) is 64.3 Å². The van der Waals surface area contributed by atoms with Crippen LogP contribution in [0.25, 0.3) is 0 Å². The Labute approximate surface area is 95.3 Å². The van der Waals surface area contributed by atoms with E-state index in [1.165, 1.54) is 12.2 Å². The highest BCUT2D eigenvalue weighted by Gasteiger charge is 2.19. The van der Waals surface area contributed by atoms with E-state index < -0.39 is 6.04 Å². The highest BCUT2D eigenvalue weighted by atomic mass is 32.2. The SMILES string of the molecule is COCCC(N)C(=O)NC1CCCSC1. The Balaban J connectivity index is 2.20. The number of hydrogen-bond donors (Lipinski definition) is 2. The fourth-order valence-electron chi connectivity index (χ4n) is 1.54. The number of nitrogens with one attached hydrogen (secondary N) is 1. The molecule has 4 nitrogen and oxygen atoms in total. The summed E-state index contributed by atoms with van der Waals surface area (Å²) in [5.74, 6) is 2.18. The third-order valence-corrected chi connectivity index (χ3v) is 3.69. The van der Waals surface area contributed by atoms with Crippen molar-refractivity contribution in [3.8, 4) is 0 Å². The Bertz CT molecular complexity index is 196. The molecule has 0 bridgehead atoms. The van der Waals surface area contributed by atoms with Gasteiger partial charge in [0.25, 0.3) is 0 Å². The predicted molar refractivity (Wildman–Crippen MR) is 63.0 cm³/mol. The number of thioether (sulfide) groups is 1. The van der Waals surface area contributed by atoms with Crippen LogP contribution in [0.4, 0.5) is 0 Å². The van der Waals surface area contributed by atoms with Crippen molar-refractivity contribution in [2.24, 2.45) is 5.73 Å². The summed E-state index contributed by atoms with van der Waals surface area (Å²) in [5, 5.41) is 2.99. The first kappa shape index (κ1) is 12.8. The molecule has 1 amide bonds. The van der Waals surface area contributed by atoms with Crippen LogP contribution in [0.15, 0.2) is 0 Å². The first-order valence-electron chi connectivity index (χ1n) is 5.36. The Hall–Kier alpha value is -0.260. The molecule has 88 valence electrons. The number of carbonyl (C=O) groups excluding carboxylic acids is 1. The summed E-state index contributed by atoms with van der Waals surface area (Å²) in [6.45, 7) is 0.536. The maximum Gasteiger partial charge on any atom is 0.237 e. The first-order chi connectivity index (χ1) is 7.24. The molecule has 0 saturated carbocycles. The van der Waals surface area contributed by atoms with Crippen LogP contribution >= 0.6 is 11.8 Å². The molecule has 0 aliphatic carbocycles. The average Bonchev–Trinajstić information content (AvgIpc) is 2.27. The minimum Gasteiger partial charge on any atom is -0.385 e. The fraction of sp³-hybridized carbons (Fsp3) is 0.900. The van der Waals surface area contributed by atoms with Crippen LogP contribution in [0, 0.1) is 0 Å². The van der Waals surface area contributed by atoms with Gasteiger partial charge in [0.05, 0.1) is 6.04 Å². The molecule has 1 rings (SSSR count). The summed E-state index contributed by atoms with van der Waals surface area (Å²) >= 11 is 1.89. The Morgan fingerprint density at radius 1 is 1.73 bits per heavy atom. The van der Waals surface area contributed by atoms with Gasteiger partial charge < -0.3 is 15.8 Å². The van der Waals surface area contributed by atoms with Crippen molar-refractivity contribution in [2.75, 3.05) is 25.2 Å². The van der Waals surface area contributed by atoms with Crippen LogP contribution in [0.1, 0.15) is 19.3 Å². The van der Waals surface area contributed by atoms with Crippen molar-refractivity contribution in [3.05, 3.63) is 0 Å². The highest BCUT2D eigenvalue weighted by Crippen LogP contribution is 2.16. The number of ether oxygens (including phenoxy) is 1. The van der Waals surface area contributed by atoms with Crippen LogP contribution in [0.5, 0.6) is 0 Å². The van der Waals surface area contributed by atoms with E-state index in [1.807, 2.05) is 11.8 Å². The van der Waals surface area contributed by atoms with Crippen molar-refractivity contribution >= 4 is 17.7 Å². The summed E-state index contributed by atoms with van der Waals surface area (Å²) in [4.78, 5) is 11.6. The van der Waals surface area contributed by atoms with E-state index in [0.717, 1.165) is 12.2 Å². The Morgan fingerprint density at radius 3 is 3.13 bits per heavy atom. The molecule has 3 N–H and O–H groups in total. The number of nitrogens with two attached hydrogens (primary N) is 1. The van der Waals surface area contributed by atoms with E-state index >= 15 is 0 Å². The van der Waals surface area contributed by atoms with Gasteiger partial charge in [0.15, 0.2) is 0 Å². The molecule has 0 aromatic carbocycles. The van der Waals surface area contributed by atoms with Gasteiger partial charge in [-0.2, -0.15) is 11.8 Å². The molecular weight excluding hydrogens is 212 g/mol. The molecular formula is C10H20N2O2S. The van der Waals surface area contributed by atoms with Crippen LogP contribution < -0.4 is 11.1 Å². The second-order valence-electron chi connectivity index (χ2n) is 3.81. The third-order valence-electron chi connectivity index (χ3n) is 2.48. The molecule has 5 heteroatoms. The van der Waals surface area contributed by atoms with Gasteiger partial charge in [0.1, 0.15) is 0 Å². The second kappa shape index (κ2) is 7.09. The van der Waals surface area contributed by atoms with Gasteiger partial charge in [-0.05, 0) is 25.0 Å². The minimum atomic E-state index is -0.433. The second-order valence-corrected chi connectivity index (χ2v) is 4.96. The minimum absolute atomic E-state index is 0.0421. The predicted octanol–water partition coefficient (Wildman–Crippen LogP) is 0.362. The van der Waals surface area contributed by atoms with E-state index in [1.54, 1.807) is 7.11 Å². The zero-order valence-corrected chi connectivity index (χ0v) is 10.0. The van der Waals surface area contributed by atoms with Crippen LogP contribution in [-0.2, 0) is 9.53 Å². The van der Waals surface area contributed by atoms with Gasteiger partial charge in [-0.1, -0.05) is 0 Å². The Kier molecular flexibility index (Phi) is 6.05. The van der Waals surface area contributed by atoms with E-state index in [9.17, 15) is 4.79 Å². The van der Waals surface area contributed by atoms with E-state index in [0.29, 0.717) is 19.1 Å². The van der Waals surface area contributed by atoms with E-state index in [-0.39, 0.29) is 5.91 Å². The summed E-state index contributed by atoms with van der Waals surface area (Å²) < 4.78 is 4.89. The number of methoxy groups -OCH3 is 1. The van der Waals surface area contributed by atoms with E-state index in [4.69, 9.17) is 10.5 Å². The molecule has 2 unspecified atom stereocenters. The quantitative estimate of drug-likeness (QED) is 0.718. The molecule has 1 saturated heterocycles. The average molecular weight is 232 g/mol. The molecule has 2 atom stereocenters. The number of hydrogen-bond acceptors (Lipinski definition) is 4. The van der Waals surface area contributed by atoms with Crippen molar-refractivity contribution in [1.82, 2.24) is 5.32 Å². The van der Waals surface area contributed by atoms with Crippen molar-refractivity contribution in [3.63, 3.8) is 0 Å². The molecule has 0 spiro atoms. The van der Waals surface area contributed by atoms with Gasteiger partial charge in [0.2, 0.25) is 5.91 Å². The van der Waals surface area contributed by atoms with Crippen molar-refractivity contribution in [1.29, 1.82) is 0 Å². The molecule has 0 radical (unpaired) electrons. The summed E-state index contributed by atoms with van der Waals surface area (Å²) in [6.07, 6.45) is 2.85. The van der Waals surface area contributed by atoms with Gasteiger partial charge in [-0.25, -0.2) is 0 Å². The van der Waals surface area contributed by atoms with Crippen molar-refractivity contribution < 1.29 is 9.53 Å². The summed E-state index contributed by atoms with van der Waals surface area (Å²) in [5.41, 5.74) is 5.72. The van der Waals surface area contributed by atoms with Gasteiger partial charge in [-0.3, -0.25) is 4.79 Å². The lowest BCUT2D eigenvalue weighted by atomic mass is 10.1. The highest BCUT2D eigenvalue weighted by molar-refractivity contribution is 7.99. The van der Waals surface area contributed by atoms with E-state index in [2.05, 4.69) is 5.32 Å². The maximum absolute atomic E-state index is 11.6. The lowest BCUT2D eigenvalue weighted by Gasteiger charge is -2.24. The standard InChI is InChI=1S/C10H20N2O2S/c1-14-5-4-9(11)10(13)12-8-3-2-6-15-7-8/h8-9H,2-7,11H2,1H3,(H,12,13). The monoisotopic (exact) mass is 232 g/mol. The molecule has 15 heavy (non-hydrogen) atoms. The normalized spacial score (nSPS) is 23.5. The number of carbonyl (C=O) groups is 1. The molecule has 0 aromatic heterocycles. The van der Waals surface area contributed by atoms with Crippen LogP contribution in [0.3, 0.4) is 0 Å². The zero-order chi connectivity index (χ0) is 11.1. The zero-order valence-electron chi connectivity index (χ0n) is 9.20. The smallest absolute Gasteiger partial charge is 0.237 e. The summed E-state index contributed by atoms with van der Waals surface area (Å²) in [7, 11) is 1.61. The molecule has 1 aliphatic heterocycles. The number of amides is 1.